The molecule has 1 amide bonds. The SMILES string of the molecule is CCCCCC[Si](C)(C)CNC(=O)[C@H](CS)CC(C)=O. The number of nitrogens with one attached hydrogen (secondary N) is 1. The fraction of sp³-hybridized carbons (Fsp3) is 0.867. The van der Waals surface area contributed by atoms with Crippen molar-refractivity contribution in [1.82, 2.24) is 5.32 Å². The van der Waals surface area contributed by atoms with Crippen molar-refractivity contribution < 1.29 is 9.59 Å². The molecular weight excluding hydrogens is 286 g/mol. The van der Waals surface area contributed by atoms with E-state index < -0.39 is 8.07 Å². The molecule has 118 valence electrons. The molecule has 0 aromatic rings. The van der Waals surface area contributed by atoms with Crippen LogP contribution in [-0.4, -0.2) is 31.7 Å². The fourth-order valence-corrected chi connectivity index (χ4v) is 4.51. The van der Waals surface area contributed by atoms with Crippen LogP contribution in [0.5, 0.6) is 0 Å². The zero-order chi connectivity index (χ0) is 15.6. The second-order valence-corrected chi connectivity index (χ2v) is 12.0. The van der Waals surface area contributed by atoms with E-state index in [1.54, 1.807) is 0 Å². The van der Waals surface area contributed by atoms with Gasteiger partial charge in [-0.25, -0.2) is 0 Å². The molecule has 20 heavy (non-hydrogen) atoms. The number of ketones is 1. The topological polar surface area (TPSA) is 46.2 Å². The molecule has 3 nitrogen and oxygen atoms in total. The van der Waals surface area contributed by atoms with Crippen LogP contribution in [0.4, 0.5) is 0 Å². The van der Waals surface area contributed by atoms with Crippen molar-refractivity contribution in [3.63, 3.8) is 0 Å². The zero-order valence-electron chi connectivity index (χ0n) is 13.5. The minimum Gasteiger partial charge on any atom is -0.359 e. The molecule has 0 aromatic carbocycles. The quantitative estimate of drug-likeness (QED) is 0.348. The smallest absolute Gasteiger partial charge is 0.224 e. The Bertz CT molecular complexity index is 308. The monoisotopic (exact) mass is 317 g/mol. The summed E-state index contributed by atoms with van der Waals surface area (Å²) in [4.78, 5) is 23.2. The first-order valence-corrected chi connectivity index (χ1v) is 11.7. The predicted octanol–water partition coefficient (Wildman–Crippen LogP) is 3.46. The standard InChI is InChI=1S/C15H31NO2SSi/c1-5-6-7-8-9-20(3,4)12-16-15(18)14(11-19)10-13(2)17/h14,19H,5-12H2,1-4H3,(H,16,18)/t14-/m0/s1. The van der Waals surface area contributed by atoms with E-state index in [0.717, 1.165) is 6.17 Å². The summed E-state index contributed by atoms with van der Waals surface area (Å²) in [6.07, 6.45) is 6.23. The van der Waals surface area contributed by atoms with E-state index in [0.29, 0.717) is 12.2 Å². The van der Waals surface area contributed by atoms with E-state index in [1.807, 2.05) is 0 Å². The lowest BCUT2D eigenvalue weighted by atomic mass is 10.0. The van der Waals surface area contributed by atoms with Gasteiger partial charge in [0.25, 0.3) is 0 Å². The third kappa shape index (κ3) is 9.59. The minimum atomic E-state index is -1.36. The molecule has 0 aliphatic rings. The van der Waals surface area contributed by atoms with Gasteiger partial charge in [0.15, 0.2) is 0 Å². The minimum absolute atomic E-state index is 0.00988. The number of amides is 1. The van der Waals surface area contributed by atoms with Gasteiger partial charge in [-0.2, -0.15) is 12.6 Å². The van der Waals surface area contributed by atoms with Crippen molar-refractivity contribution in [1.29, 1.82) is 0 Å². The second-order valence-electron chi connectivity index (χ2n) is 6.48. The molecule has 1 N–H and O–H groups in total. The number of hydrogen-bond donors (Lipinski definition) is 2. The predicted molar refractivity (Wildman–Crippen MR) is 92.1 cm³/mol. The van der Waals surface area contributed by atoms with Crippen molar-refractivity contribution >= 4 is 32.4 Å². The van der Waals surface area contributed by atoms with E-state index in [4.69, 9.17) is 0 Å². The Labute approximate surface area is 130 Å². The molecule has 0 aliphatic heterocycles. The molecule has 0 saturated carbocycles. The lowest BCUT2D eigenvalue weighted by molar-refractivity contribution is -0.127. The summed E-state index contributed by atoms with van der Waals surface area (Å²) in [6.45, 7) is 8.38. The molecule has 0 radical (unpaired) electrons. The van der Waals surface area contributed by atoms with Crippen LogP contribution >= 0.6 is 12.6 Å². The molecule has 1 atom stereocenters. The molecule has 0 bridgehead atoms. The van der Waals surface area contributed by atoms with Gasteiger partial charge in [0, 0.05) is 18.3 Å². The van der Waals surface area contributed by atoms with Crippen LogP contribution in [0.3, 0.4) is 0 Å². The Kier molecular flexibility index (Phi) is 10.3. The highest BCUT2D eigenvalue weighted by Crippen LogP contribution is 2.15. The Morgan fingerprint density at radius 2 is 1.85 bits per heavy atom. The molecule has 5 heteroatoms. The van der Waals surface area contributed by atoms with Crippen molar-refractivity contribution in [3.05, 3.63) is 0 Å². The van der Waals surface area contributed by atoms with Crippen LogP contribution in [0, 0.1) is 5.92 Å². The Hall–Kier alpha value is -0.293. The van der Waals surface area contributed by atoms with Crippen molar-refractivity contribution in [2.45, 2.75) is 65.1 Å². The number of carbonyl (C=O) groups excluding carboxylic acids is 2. The van der Waals surface area contributed by atoms with Gasteiger partial charge in [-0.15, -0.1) is 0 Å². The number of rotatable bonds is 11. The first kappa shape index (κ1) is 19.7. The third-order valence-electron chi connectivity index (χ3n) is 3.57. The van der Waals surface area contributed by atoms with E-state index in [2.05, 4.69) is 38.0 Å². The molecule has 0 aromatic heterocycles. The molecule has 0 rings (SSSR count). The normalized spacial score (nSPS) is 13.1. The largest absolute Gasteiger partial charge is 0.359 e. The van der Waals surface area contributed by atoms with Gasteiger partial charge in [0.1, 0.15) is 5.78 Å². The number of Topliss-reactive ketones (excluding diaryl/α,β-unsaturated/α-hetero) is 1. The highest BCUT2D eigenvalue weighted by Gasteiger charge is 2.24. The maximum atomic E-state index is 12.0. The summed E-state index contributed by atoms with van der Waals surface area (Å²) in [7, 11) is -1.36. The van der Waals surface area contributed by atoms with Crippen molar-refractivity contribution in [2.75, 3.05) is 11.9 Å². The van der Waals surface area contributed by atoms with E-state index in [9.17, 15) is 9.59 Å². The van der Waals surface area contributed by atoms with Crippen LogP contribution in [-0.2, 0) is 9.59 Å². The van der Waals surface area contributed by atoms with Gasteiger partial charge in [-0.05, 0) is 6.92 Å². The highest BCUT2D eigenvalue weighted by atomic mass is 32.1. The molecular formula is C15H31NO2SSi. The van der Waals surface area contributed by atoms with Crippen molar-refractivity contribution in [3.8, 4) is 0 Å². The summed E-state index contributed by atoms with van der Waals surface area (Å²) in [5.74, 6) is 0.199. The maximum absolute atomic E-state index is 12.0. The fourth-order valence-electron chi connectivity index (χ4n) is 2.18. The van der Waals surface area contributed by atoms with Gasteiger partial charge >= 0.3 is 0 Å². The van der Waals surface area contributed by atoms with Crippen LogP contribution < -0.4 is 5.32 Å². The number of carbonyl (C=O) groups is 2. The van der Waals surface area contributed by atoms with Crippen LogP contribution in [0.1, 0.15) is 46.0 Å². The Balaban J connectivity index is 4.09. The molecule has 0 fully saturated rings. The van der Waals surface area contributed by atoms with Crippen LogP contribution in [0.15, 0.2) is 0 Å². The first-order valence-electron chi connectivity index (χ1n) is 7.70. The number of hydrogen-bond acceptors (Lipinski definition) is 3. The molecule has 0 heterocycles. The number of thiol groups is 1. The Morgan fingerprint density at radius 3 is 2.35 bits per heavy atom. The van der Waals surface area contributed by atoms with E-state index in [-0.39, 0.29) is 17.6 Å². The highest BCUT2D eigenvalue weighted by molar-refractivity contribution is 7.80. The van der Waals surface area contributed by atoms with Crippen LogP contribution in [0.25, 0.3) is 0 Å². The molecule has 0 spiro atoms. The van der Waals surface area contributed by atoms with Gasteiger partial charge in [0.2, 0.25) is 5.91 Å². The molecule has 0 unspecified atom stereocenters. The lowest BCUT2D eigenvalue weighted by Crippen LogP contribution is -2.44. The van der Waals surface area contributed by atoms with Crippen molar-refractivity contribution in [2.24, 2.45) is 5.92 Å². The van der Waals surface area contributed by atoms with Crippen LogP contribution in [0.2, 0.25) is 19.1 Å². The van der Waals surface area contributed by atoms with Gasteiger partial charge in [-0.3, -0.25) is 4.79 Å². The first-order chi connectivity index (χ1) is 9.32. The lowest BCUT2D eigenvalue weighted by Gasteiger charge is -2.24. The molecule has 0 aliphatic carbocycles. The summed E-state index contributed by atoms with van der Waals surface area (Å²) in [5.41, 5.74) is 0. The maximum Gasteiger partial charge on any atom is 0.224 e. The van der Waals surface area contributed by atoms with Gasteiger partial charge < -0.3 is 10.1 Å². The van der Waals surface area contributed by atoms with Gasteiger partial charge in [0.05, 0.1) is 14.0 Å². The number of unbranched alkanes of at least 4 members (excludes halogenated alkanes) is 3. The Morgan fingerprint density at radius 1 is 1.20 bits per heavy atom. The molecule has 0 saturated heterocycles. The average Bonchev–Trinajstić information content (AvgIpc) is 2.38. The summed E-state index contributed by atoms with van der Waals surface area (Å²) in [5, 5.41) is 3.04. The summed E-state index contributed by atoms with van der Waals surface area (Å²) >= 11 is 4.17. The summed E-state index contributed by atoms with van der Waals surface area (Å²) < 4.78 is 0. The van der Waals surface area contributed by atoms with E-state index >= 15 is 0 Å². The zero-order valence-corrected chi connectivity index (χ0v) is 15.4. The third-order valence-corrected chi connectivity index (χ3v) is 6.86. The van der Waals surface area contributed by atoms with Gasteiger partial charge in [-0.1, -0.05) is 51.7 Å². The summed E-state index contributed by atoms with van der Waals surface area (Å²) in [6, 6.07) is 1.26. The average molecular weight is 318 g/mol. The van der Waals surface area contributed by atoms with E-state index in [1.165, 1.54) is 38.7 Å². The second kappa shape index (κ2) is 10.4.